The van der Waals surface area contributed by atoms with E-state index >= 15 is 0 Å². The van der Waals surface area contributed by atoms with Crippen LogP contribution in [0.15, 0.2) is 53.4 Å². The first-order valence-corrected chi connectivity index (χ1v) is 9.53. The van der Waals surface area contributed by atoms with Crippen molar-refractivity contribution in [3.8, 4) is 0 Å². The number of sulfonamides is 1. The van der Waals surface area contributed by atoms with Crippen LogP contribution in [0.3, 0.4) is 0 Å². The molecule has 2 aromatic carbocycles. The van der Waals surface area contributed by atoms with E-state index in [-0.39, 0.29) is 17.5 Å². The number of carbonyl (C=O) groups is 1. The number of nitrogens with one attached hydrogen (secondary N) is 1. The average molecular weight is 360 g/mol. The highest BCUT2D eigenvalue weighted by Gasteiger charge is 2.35. The number of nitrogens with zero attached hydrogens (tertiary/aromatic N) is 1. The lowest BCUT2D eigenvalue weighted by molar-refractivity contribution is 0.168. The Labute approximate surface area is 147 Å². The summed E-state index contributed by atoms with van der Waals surface area (Å²) in [6.07, 6.45) is 0.123. The Morgan fingerprint density at radius 2 is 1.88 bits per heavy atom. The molecule has 1 aliphatic rings. The van der Waals surface area contributed by atoms with Crippen LogP contribution in [-0.2, 0) is 21.2 Å². The summed E-state index contributed by atoms with van der Waals surface area (Å²) in [5, 5.41) is 2.55. The van der Waals surface area contributed by atoms with E-state index in [1.807, 2.05) is 31.2 Å². The molecule has 0 bridgehead atoms. The highest BCUT2D eigenvalue weighted by Crippen LogP contribution is 2.36. The van der Waals surface area contributed by atoms with Crippen molar-refractivity contribution < 1.29 is 17.9 Å². The van der Waals surface area contributed by atoms with Gasteiger partial charge < -0.3 is 4.74 Å². The summed E-state index contributed by atoms with van der Waals surface area (Å²) in [5.74, 6) is 0. The van der Waals surface area contributed by atoms with Gasteiger partial charge in [-0.15, -0.1) is 0 Å². The predicted molar refractivity (Wildman–Crippen MR) is 96.4 cm³/mol. The first-order chi connectivity index (χ1) is 11.9. The summed E-state index contributed by atoms with van der Waals surface area (Å²) in [4.78, 5) is 11.6. The smallest absolute Gasteiger partial charge is 0.411 e. The Hall–Kier alpha value is -2.54. The molecule has 1 amide bonds. The second-order valence-electron chi connectivity index (χ2n) is 5.85. The fourth-order valence-electron chi connectivity index (χ4n) is 3.01. The maximum atomic E-state index is 13.1. The summed E-state index contributed by atoms with van der Waals surface area (Å²) in [6, 6.07) is 13.5. The molecule has 6 nitrogen and oxygen atoms in total. The van der Waals surface area contributed by atoms with E-state index in [4.69, 9.17) is 4.74 Å². The van der Waals surface area contributed by atoms with Gasteiger partial charge in [-0.2, -0.15) is 0 Å². The Bertz CT molecular complexity index is 878. The molecule has 0 saturated heterocycles. The van der Waals surface area contributed by atoms with Crippen molar-refractivity contribution in [1.29, 1.82) is 0 Å². The molecule has 7 heteroatoms. The van der Waals surface area contributed by atoms with E-state index in [2.05, 4.69) is 5.32 Å². The fraction of sp³-hybridized carbons (Fsp3) is 0.278. The molecule has 132 valence electrons. The van der Waals surface area contributed by atoms with Gasteiger partial charge in [0, 0.05) is 11.7 Å². The molecule has 0 saturated carbocycles. The number of anilines is 2. The number of para-hydroxylation sites is 1. The summed E-state index contributed by atoms with van der Waals surface area (Å²) in [5.41, 5.74) is 2.23. The second kappa shape index (κ2) is 6.76. The van der Waals surface area contributed by atoms with Gasteiger partial charge in [0.1, 0.15) is 0 Å². The molecule has 1 aliphatic heterocycles. The van der Waals surface area contributed by atoms with E-state index in [1.54, 1.807) is 19.1 Å². The lowest BCUT2D eigenvalue weighted by atomic mass is 10.1. The van der Waals surface area contributed by atoms with Gasteiger partial charge in [0.25, 0.3) is 10.0 Å². The van der Waals surface area contributed by atoms with Gasteiger partial charge in [0.15, 0.2) is 0 Å². The summed E-state index contributed by atoms with van der Waals surface area (Å²) < 4.78 is 32.4. The van der Waals surface area contributed by atoms with Gasteiger partial charge in [-0.25, -0.2) is 13.2 Å². The van der Waals surface area contributed by atoms with Crippen molar-refractivity contribution in [1.82, 2.24) is 0 Å². The number of carbonyl (C=O) groups excluding carboxylic acids is 1. The lowest BCUT2D eigenvalue weighted by Gasteiger charge is -2.24. The number of fused-ring (bicyclic) bond motifs is 1. The number of benzene rings is 2. The quantitative estimate of drug-likeness (QED) is 0.907. The molecule has 1 atom stereocenters. The van der Waals surface area contributed by atoms with Crippen LogP contribution >= 0.6 is 0 Å². The van der Waals surface area contributed by atoms with Gasteiger partial charge in [0.05, 0.1) is 17.2 Å². The van der Waals surface area contributed by atoms with Gasteiger partial charge in [-0.05, 0) is 56.2 Å². The molecule has 0 spiro atoms. The number of amides is 1. The van der Waals surface area contributed by atoms with Gasteiger partial charge >= 0.3 is 6.09 Å². The van der Waals surface area contributed by atoms with Crippen molar-refractivity contribution in [2.45, 2.75) is 31.2 Å². The van der Waals surface area contributed by atoms with Gasteiger partial charge in [-0.1, -0.05) is 18.2 Å². The molecule has 0 fully saturated rings. The minimum atomic E-state index is -3.67. The van der Waals surface area contributed by atoms with Crippen LogP contribution in [-0.4, -0.2) is 27.2 Å². The summed E-state index contributed by atoms with van der Waals surface area (Å²) in [6.45, 7) is 3.88. The molecule has 0 aliphatic carbocycles. The Morgan fingerprint density at radius 1 is 1.20 bits per heavy atom. The molecule has 3 rings (SSSR count). The summed E-state index contributed by atoms with van der Waals surface area (Å²) in [7, 11) is -3.67. The number of ether oxygens (including phenoxy) is 1. The van der Waals surface area contributed by atoms with Gasteiger partial charge in [0.2, 0.25) is 0 Å². The van der Waals surface area contributed by atoms with Crippen molar-refractivity contribution in [3.05, 3.63) is 54.1 Å². The molecule has 2 aromatic rings. The maximum Gasteiger partial charge on any atom is 0.411 e. The van der Waals surface area contributed by atoms with Gasteiger partial charge in [-0.3, -0.25) is 9.62 Å². The standard InChI is InChI=1S/C18H20N2O4S/c1-3-24-18(21)19-15-8-10-16(11-9-15)25(22,23)20-13(2)12-14-6-4-5-7-17(14)20/h4-11,13H,3,12H2,1-2H3,(H,19,21)/t13-/m0/s1. The third kappa shape index (κ3) is 3.32. The van der Waals surface area contributed by atoms with Crippen molar-refractivity contribution in [3.63, 3.8) is 0 Å². The average Bonchev–Trinajstić information content (AvgIpc) is 2.92. The van der Waals surface area contributed by atoms with Crippen molar-refractivity contribution in [2.75, 3.05) is 16.2 Å². The van der Waals surface area contributed by atoms with E-state index in [0.717, 1.165) is 11.3 Å². The minimum absolute atomic E-state index is 0.139. The van der Waals surface area contributed by atoms with Crippen LogP contribution in [0.5, 0.6) is 0 Å². The Kier molecular flexibility index (Phi) is 4.67. The van der Waals surface area contributed by atoms with Crippen molar-refractivity contribution >= 4 is 27.5 Å². The number of rotatable bonds is 4. The normalized spacial score (nSPS) is 16.4. The molecule has 0 unspecified atom stereocenters. The maximum absolute atomic E-state index is 13.1. The Balaban J connectivity index is 1.87. The minimum Gasteiger partial charge on any atom is -0.450 e. The molecular formula is C18H20N2O4S. The topological polar surface area (TPSA) is 75.7 Å². The monoisotopic (exact) mass is 360 g/mol. The van der Waals surface area contributed by atoms with Crippen LogP contribution in [0.2, 0.25) is 0 Å². The SMILES string of the molecule is CCOC(=O)Nc1ccc(S(=O)(=O)N2c3ccccc3C[C@@H]2C)cc1. The van der Waals surface area contributed by atoms with E-state index < -0.39 is 16.1 Å². The second-order valence-corrected chi connectivity index (χ2v) is 7.67. The zero-order valence-electron chi connectivity index (χ0n) is 14.1. The van der Waals surface area contributed by atoms with Crippen LogP contribution in [0.25, 0.3) is 0 Å². The van der Waals surface area contributed by atoms with Crippen LogP contribution in [0.4, 0.5) is 16.2 Å². The largest absolute Gasteiger partial charge is 0.450 e. The van der Waals surface area contributed by atoms with E-state index in [1.165, 1.54) is 16.4 Å². The lowest BCUT2D eigenvalue weighted by Crippen LogP contribution is -2.35. The zero-order chi connectivity index (χ0) is 18.0. The first-order valence-electron chi connectivity index (χ1n) is 8.09. The van der Waals surface area contributed by atoms with Crippen LogP contribution < -0.4 is 9.62 Å². The third-order valence-electron chi connectivity index (χ3n) is 4.08. The number of hydrogen-bond donors (Lipinski definition) is 1. The predicted octanol–water partition coefficient (Wildman–Crippen LogP) is 3.39. The van der Waals surface area contributed by atoms with E-state index in [9.17, 15) is 13.2 Å². The first kappa shape index (κ1) is 17.3. The molecule has 25 heavy (non-hydrogen) atoms. The summed E-state index contributed by atoms with van der Waals surface area (Å²) >= 11 is 0. The molecule has 1 N–H and O–H groups in total. The van der Waals surface area contributed by atoms with E-state index in [0.29, 0.717) is 12.1 Å². The van der Waals surface area contributed by atoms with Crippen LogP contribution in [0, 0.1) is 0 Å². The molecule has 0 radical (unpaired) electrons. The molecule has 0 aromatic heterocycles. The highest BCUT2D eigenvalue weighted by atomic mass is 32.2. The molecule has 1 heterocycles. The molecular weight excluding hydrogens is 340 g/mol. The van der Waals surface area contributed by atoms with Crippen LogP contribution in [0.1, 0.15) is 19.4 Å². The van der Waals surface area contributed by atoms with Crippen molar-refractivity contribution in [2.24, 2.45) is 0 Å². The zero-order valence-corrected chi connectivity index (χ0v) is 14.9. The number of hydrogen-bond acceptors (Lipinski definition) is 4. The Morgan fingerprint density at radius 3 is 2.56 bits per heavy atom. The third-order valence-corrected chi connectivity index (χ3v) is 6.02. The fourth-order valence-corrected chi connectivity index (χ4v) is 4.70. The highest BCUT2D eigenvalue weighted by molar-refractivity contribution is 7.92.